The molecule has 2 heterocycles. The SMILES string of the molecule is NC(=O)CN(C(=O)c1cnc[nH]1)C1CCNCC1. The van der Waals surface area contributed by atoms with E-state index in [2.05, 4.69) is 15.3 Å². The van der Waals surface area contributed by atoms with Crippen LogP contribution in [-0.4, -0.2) is 52.4 Å². The van der Waals surface area contributed by atoms with Crippen LogP contribution in [0.25, 0.3) is 0 Å². The second-order valence-corrected chi connectivity index (χ2v) is 4.35. The van der Waals surface area contributed by atoms with Crippen molar-refractivity contribution in [1.82, 2.24) is 20.2 Å². The summed E-state index contributed by atoms with van der Waals surface area (Å²) in [4.78, 5) is 31.5. The molecule has 0 unspecified atom stereocenters. The minimum absolute atomic E-state index is 0.0505. The predicted molar refractivity (Wildman–Crippen MR) is 64.7 cm³/mol. The third kappa shape index (κ3) is 2.86. The number of nitrogens with one attached hydrogen (secondary N) is 2. The topological polar surface area (TPSA) is 104 Å². The fraction of sp³-hybridized carbons (Fsp3) is 0.545. The summed E-state index contributed by atoms with van der Waals surface area (Å²) >= 11 is 0. The van der Waals surface area contributed by atoms with E-state index in [9.17, 15) is 9.59 Å². The highest BCUT2D eigenvalue weighted by Gasteiger charge is 2.27. The van der Waals surface area contributed by atoms with Crippen LogP contribution in [0.4, 0.5) is 0 Å². The molecule has 0 spiro atoms. The van der Waals surface area contributed by atoms with Gasteiger partial charge in [-0.05, 0) is 25.9 Å². The Balaban J connectivity index is 2.13. The van der Waals surface area contributed by atoms with E-state index in [4.69, 9.17) is 5.73 Å². The quantitative estimate of drug-likeness (QED) is 0.644. The first-order valence-electron chi connectivity index (χ1n) is 5.97. The average Bonchev–Trinajstić information content (AvgIpc) is 2.90. The molecule has 0 bridgehead atoms. The average molecular weight is 251 g/mol. The number of aromatic nitrogens is 2. The van der Waals surface area contributed by atoms with Crippen molar-refractivity contribution in [2.75, 3.05) is 19.6 Å². The standard InChI is InChI=1S/C11H17N5O2/c12-10(17)6-16(8-1-3-13-4-2-8)11(18)9-5-14-7-15-9/h5,7-8,13H,1-4,6H2,(H2,12,17)(H,14,15). The summed E-state index contributed by atoms with van der Waals surface area (Å²) in [5, 5.41) is 3.22. The highest BCUT2D eigenvalue weighted by atomic mass is 16.2. The van der Waals surface area contributed by atoms with Crippen LogP contribution in [0.2, 0.25) is 0 Å². The van der Waals surface area contributed by atoms with E-state index in [-0.39, 0.29) is 18.5 Å². The summed E-state index contributed by atoms with van der Waals surface area (Å²) in [6.07, 6.45) is 4.55. The van der Waals surface area contributed by atoms with Gasteiger partial charge in [0, 0.05) is 6.04 Å². The summed E-state index contributed by atoms with van der Waals surface area (Å²) in [6, 6.07) is 0.0505. The normalized spacial score (nSPS) is 16.4. The van der Waals surface area contributed by atoms with E-state index in [1.54, 1.807) is 0 Å². The number of piperidine rings is 1. The van der Waals surface area contributed by atoms with E-state index in [0.29, 0.717) is 5.69 Å². The van der Waals surface area contributed by atoms with E-state index in [1.165, 1.54) is 17.4 Å². The number of nitrogens with zero attached hydrogens (tertiary/aromatic N) is 2. The maximum atomic E-state index is 12.3. The number of hydrogen-bond acceptors (Lipinski definition) is 4. The predicted octanol–water partition coefficient (Wildman–Crippen LogP) is -0.911. The highest BCUT2D eigenvalue weighted by molar-refractivity contribution is 5.94. The summed E-state index contributed by atoms with van der Waals surface area (Å²) in [6.45, 7) is 1.63. The summed E-state index contributed by atoms with van der Waals surface area (Å²) in [5.41, 5.74) is 5.60. The van der Waals surface area contributed by atoms with Gasteiger partial charge in [-0.2, -0.15) is 0 Å². The minimum Gasteiger partial charge on any atom is -0.368 e. The molecule has 0 radical (unpaired) electrons. The molecule has 2 amide bonds. The largest absolute Gasteiger partial charge is 0.368 e. The molecule has 0 aliphatic carbocycles. The van der Waals surface area contributed by atoms with Crippen LogP contribution in [0, 0.1) is 0 Å². The molecule has 0 saturated carbocycles. The maximum Gasteiger partial charge on any atom is 0.272 e. The van der Waals surface area contributed by atoms with Gasteiger partial charge in [0.25, 0.3) is 5.91 Å². The molecule has 7 heteroatoms. The van der Waals surface area contributed by atoms with Crippen molar-refractivity contribution in [2.45, 2.75) is 18.9 Å². The lowest BCUT2D eigenvalue weighted by Crippen LogP contribution is -2.49. The van der Waals surface area contributed by atoms with Crippen LogP contribution >= 0.6 is 0 Å². The Bertz CT molecular complexity index is 411. The second kappa shape index (κ2) is 5.63. The first kappa shape index (κ1) is 12.6. The smallest absolute Gasteiger partial charge is 0.272 e. The first-order valence-corrected chi connectivity index (χ1v) is 5.97. The van der Waals surface area contributed by atoms with Gasteiger partial charge in [0.05, 0.1) is 19.1 Å². The van der Waals surface area contributed by atoms with Gasteiger partial charge >= 0.3 is 0 Å². The molecular weight excluding hydrogens is 234 g/mol. The van der Waals surface area contributed by atoms with Crippen LogP contribution in [-0.2, 0) is 4.79 Å². The van der Waals surface area contributed by atoms with Gasteiger partial charge in [-0.15, -0.1) is 0 Å². The van der Waals surface area contributed by atoms with Crippen LogP contribution in [0.1, 0.15) is 23.3 Å². The number of nitrogens with two attached hydrogens (primary N) is 1. The Morgan fingerprint density at radius 1 is 1.44 bits per heavy atom. The van der Waals surface area contributed by atoms with Gasteiger partial charge in [0.15, 0.2) is 0 Å². The second-order valence-electron chi connectivity index (χ2n) is 4.35. The third-order valence-corrected chi connectivity index (χ3v) is 3.07. The number of rotatable bonds is 4. The van der Waals surface area contributed by atoms with Crippen LogP contribution in [0.15, 0.2) is 12.5 Å². The molecule has 7 nitrogen and oxygen atoms in total. The van der Waals surface area contributed by atoms with Crippen molar-refractivity contribution in [1.29, 1.82) is 0 Å². The van der Waals surface area contributed by atoms with Gasteiger partial charge in [-0.25, -0.2) is 4.98 Å². The molecule has 1 fully saturated rings. The van der Waals surface area contributed by atoms with E-state index >= 15 is 0 Å². The Morgan fingerprint density at radius 3 is 2.72 bits per heavy atom. The van der Waals surface area contributed by atoms with Crippen molar-refractivity contribution >= 4 is 11.8 Å². The first-order chi connectivity index (χ1) is 8.68. The molecule has 1 aliphatic heterocycles. The lowest BCUT2D eigenvalue weighted by atomic mass is 10.0. The Hall–Kier alpha value is -1.89. The lowest BCUT2D eigenvalue weighted by Gasteiger charge is -2.33. The van der Waals surface area contributed by atoms with E-state index in [0.717, 1.165) is 25.9 Å². The van der Waals surface area contributed by atoms with Crippen LogP contribution in [0.5, 0.6) is 0 Å². The van der Waals surface area contributed by atoms with Crippen molar-refractivity contribution < 1.29 is 9.59 Å². The molecular formula is C11H17N5O2. The number of primary amides is 1. The lowest BCUT2D eigenvalue weighted by molar-refractivity contribution is -0.119. The maximum absolute atomic E-state index is 12.3. The number of carbonyl (C=O) groups is 2. The number of hydrogen-bond donors (Lipinski definition) is 3. The minimum atomic E-state index is -0.499. The van der Waals surface area contributed by atoms with Crippen LogP contribution < -0.4 is 11.1 Å². The number of aromatic amines is 1. The molecule has 18 heavy (non-hydrogen) atoms. The zero-order chi connectivity index (χ0) is 13.0. The Labute approximate surface area is 105 Å². The molecule has 4 N–H and O–H groups in total. The molecule has 0 aromatic carbocycles. The van der Waals surface area contributed by atoms with Gasteiger partial charge in [-0.1, -0.05) is 0 Å². The fourth-order valence-corrected chi connectivity index (χ4v) is 2.18. The molecule has 1 saturated heterocycles. The Kier molecular flexibility index (Phi) is 3.93. The summed E-state index contributed by atoms with van der Waals surface area (Å²) < 4.78 is 0. The number of carbonyl (C=O) groups excluding carboxylic acids is 2. The number of imidazole rings is 1. The van der Waals surface area contributed by atoms with Crippen molar-refractivity contribution in [2.24, 2.45) is 5.73 Å². The summed E-state index contributed by atoms with van der Waals surface area (Å²) in [7, 11) is 0. The number of amides is 2. The molecule has 0 atom stereocenters. The molecule has 1 aliphatic rings. The van der Waals surface area contributed by atoms with Gasteiger partial charge < -0.3 is 20.9 Å². The van der Waals surface area contributed by atoms with Crippen molar-refractivity contribution in [3.8, 4) is 0 Å². The zero-order valence-corrected chi connectivity index (χ0v) is 10.1. The van der Waals surface area contributed by atoms with Crippen LogP contribution in [0.3, 0.4) is 0 Å². The molecule has 98 valence electrons. The number of H-pyrrole nitrogens is 1. The third-order valence-electron chi connectivity index (χ3n) is 3.07. The van der Waals surface area contributed by atoms with Crippen molar-refractivity contribution in [3.05, 3.63) is 18.2 Å². The molecule has 1 aromatic rings. The summed E-state index contributed by atoms with van der Waals surface area (Å²) in [5.74, 6) is -0.723. The zero-order valence-electron chi connectivity index (χ0n) is 10.1. The monoisotopic (exact) mass is 251 g/mol. The van der Waals surface area contributed by atoms with Gasteiger partial charge in [-0.3, -0.25) is 9.59 Å². The highest BCUT2D eigenvalue weighted by Crippen LogP contribution is 2.14. The Morgan fingerprint density at radius 2 is 2.17 bits per heavy atom. The molecule has 2 rings (SSSR count). The fourth-order valence-electron chi connectivity index (χ4n) is 2.18. The van der Waals surface area contributed by atoms with E-state index < -0.39 is 5.91 Å². The van der Waals surface area contributed by atoms with Gasteiger partial charge in [0.2, 0.25) is 5.91 Å². The molecule has 1 aromatic heterocycles. The van der Waals surface area contributed by atoms with E-state index in [1.807, 2.05) is 0 Å². The van der Waals surface area contributed by atoms with Gasteiger partial charge in [0.1, 0.15) is 5.69 Å². The van der Waals surface area contributed by atoms with Crippen molar-refractivity contribution in [3.63, 3.8) is 0 Å².